The Morgan fingerprint density at radius 2 is 1.88 bits per heavy atom. The van der Waals surface area contributed by atoms with Gasteiger partial charge in [-0.25, -0.2) is 4.98 Å². The molecule has 1 aromatic heterocycles. The Hall–Kier alpha value is -1.33. The number of hydrogen-bond acceptors (Lipinski definition) is 3. The van der Waals surface area contributed by atoms with Crippen molar-refractivity contribution in [3.05, 3.63) is 62.9 Å². The molecule has 0 spiro atoms. The van der Waals surface area contributed by atoms with Gasteiger partial charge in [0, 0.05) is 25.2 Å². The van der Waals surface area contributed by atoms with E-state index in [4.69, 9.17) is 34.8 Å². The smallest absolute Gasteiger partial charge is 0.253 e. The third kappa shape index (κ3) is 5.10. The molecule has 7 heteroatoms. The second-order valence-electron chi connectivity index (χ2n) is 6.45. The van der Waals surface area contributed by atoms with Gasteiger partial charge in [-0.2, -0.15) is 0 Å². The molecule has 1 aromatic carbocycles. The van der Waals surface area contributed by atoms with Gasteiger partial charge < -0.3 is 10.2 Å². The molecule has 26 heavy (non-hydrogen) atoms. The second kappa shape index (κ2) is 9.05. The lowest BCUT2D eigenvalue weighted by molar-refractivity contribution is 0.0690. The molecule has 2 heterocycles. The van der Waals surface area contributed by atoms with Crippen molar-refractivity contribution < 1.29 is 4.79 Å². The first-order valence-corrected chi connectivity index (χ1v) is 9.73. The Labute approximate surface area is 168 Å². The number of carbonyl (C=O) groups excluding carboxylic acids is 1. The predicted octanol–water partition coefficient (Wildman–Crippen LogP) is 4.68. The van der Waals surface area contributed by atoms with Crippen LogP contribution in [0.25, 0.3) is 0 Å². The molecule has 1 aliphatic heterocycles. The Kier molecular flexibility index (Phi) is 6.76. The molecule has 0 unspecified atom stereocenters. The van der Waals surface area contributed by atoms with Crippen LogP contribution in [0.3, 0.4) is 0 Å². The molecule has 0 bridgehead atoms. The van der Waals surface area contributed by atoms with E-state index in [0.717, 1.165) is 38.2 Å². The molecule has 2 aromatic rings. The maximum atomic E-state index is 12.6. The minimum Gasteiger partial charge on any atom is -0.339 e. The van der Waals surface area contributed by atoms with E-state index in [1.807, 2.05) is 17.0 Å². The number of pyridine rings is 1. The molecule has 1 N–H and O–H groups in total. The van der Waals surface area contributed by atoms with Gasteiger partial charge in [0.1, 0.15) is 5.15 Å². The van der Waals surface area contributed by atoms with Gasteiger partial charge in [0.25, 0.3) is 5.91 Å². The molecular formula is C19H20Cl3N3O. The summed E-state index contributed by atoms with van der Waals surface area (Å²) in [6.45, 7) is 3.10. The molecule has 1 aliphatic rings. The number of nitrogens with one attached hydrogen (secondary N) is 1. The third-order valence-corrected chi connectivity index (χ3v) is 5.53. The summed E-state index contributed by atoms with van der Waals surface area (Å²) >= 11 is 17.8. The standard InChI is InChI=1S/C19H20Cl3N3O/c20-16-5-4-14(10-17(16)21)19(26)25-8-6-13(7-9-25)11-23-12-15-2-1-3-18(22)24-15/h1-5,10,13,23H,6-9,11-12H2. The average molecular weight is 413 g/mol. The fourth-order valence-electron chi connectivity index (χ4n) is 3.11. The number of hydrogen-bond donors (Lipinski definition) is 1. The van der Waals surface area contributed by atoms with E-state index < -0.39 is 0 Å². The molecule has 0 aliphatic carbocycles. The van der Waals surface area contributed by atoms with E-state index in [2.05, 4.69) is 10.3 Å². The minimum atomic E-state index is 0.0121. The molecular weight excluding hydrogens is 393 g/mol. The quantitative estimate of drug-likeness (QED) is 0.725. The Bertz CT molecular complexity index is 776. The lowest BCUT2D eigenvalue weighted by Crippen LogP contribution is -2.40. The number of aromatic nitrogens is 1. The van der Waals surface area contributed by atoms with Crippen LogP contribution in [0.1, 0.15) is 28.9 Å². The number of amides is 1. The van der Waals surface area contributed by atoms with E-state index >= 15 is 0 Å². The minimum absolute atomic E-state index is 0.0121. The Morgan fingerprint density at radius 3 is 2.58 bits per heavy atom. The molecule has 0 atom stereocenters. The first kappa shape index (κ1) is 19.4. The summed E-state index contributed by atoms with van der Waals surface area (Å²) in [4.78, 5) is 18.7. The number of nitrogens with zero attached hydrogens (tertiary/aromatic N) is 2. The van der Waals surface area contributed by atoms with Gasteiger partial charge in [0.15, 0.2) is 0 Å². The van der Waals surface area contributed by atoms with Crippen molar-refractivity contribution >= 4 is 40.7 Å². The van der Waals surface area contributed by atoms with Crippen LogP contribution in [0.4, 0.5) is 0 Å². The first-order valence-electron chi connectivity index (χ1n) is 8.59. The van der Waals surface area contributed by atoms with Crippen LogP contribution in [-0.4, -0.2) is 35.4 Å². The van der Waals surface area contributed by atoms with Crippen molar-refractivity contribution in [1.29, 1.82) is 0 Å². The summed E-state index contributed by atoms with van der Waals surface area (Å²) in [5.41, 5.74) is 1.52. The summed E-state index contributed by atoms with van der Waals surface area (Å²) in [5.74, 6) is 0.560. The number of likely N-dealkylation sites (tertiary alicyclic amines) is 1. The molecule has 1 fully saturated rings. The van der Waals surface area contributed by atoms with Crippen LogP contribution in [-0.2, 0) is 6.54 Å². The number of rotatable bonds is 5. The summed E-state index contributed by atoms with van der Waals surface area (Å²) in [6.07, 6.45) is 1.95. The van der Waals surface area contributed by atoms with Crippen LogP contribution < -0.4 is 5.32 Å². The number of piperidine rings is 1. The summed E-state index contributed by atoms with van der Waals surface area (Å²) in [6, 6.07) is 10.7. The van der Waals surface area contributed by atoms with Crippen molar-refractivity contribution in [3.63, 3.8) is 0 Å². The van der Waals surface area contributed by atoms with Crippen molar-refractivity contribution in [2.24, 2.45) is 5.92 Å². The molecule has 4 nitrogen and oxygen atoms in total. The SMILES string of the molecule is O=C(c1ccc(Cl)c(Cl)c1)N1CCC(CNCc2cccc(Cl)n2)CC1. The molecule has 0 saturated carbocycles. The lowest BCUT2D eigenvalue weighted by atomic mass is 9.96. The number of halogens is 3. The molecule has 3 rings (SSSR count). The topological polar surface area (TPSA) is 45.2 Å². The maximum Gasteiger partial charge on any atom is 0.253 e. The monoisotopic (exact) mass is 411 g/mol. The Morgan fingerprint density at radius 1 is 1.12 bits per heavy atom. The predicted molar refractivity (Wildman–Crippen MR) is 106 cm³/mol. The van der Waals surface area contributed by atoms with E-state index in [0.29, 0.717) is 33.2 Å². The summed E-state index contributed by atoms with van der Waals surface area (Å²) < 4.78 is 0. The van der Waals surface area contributed by atoms with Gasteiger partial charge in [-0.3, -0.25) is 4.79 Å². The highest BCUT2D eigenvalue weighted by molar-refractivity contribution is 6.42. The van der Waals surface area contributed by atoms with Crippen LogP contribution in [0.5, 0.6) is 0 Å². The first-order chi connectivity index (χ1) is 12.5. The van der Waals surface area contributed by atoms with Crippen LogP contribution in [0.15, 0.2) is 36.4 Å². The highest BCUT2D eigenvalue weighted by Crippen LogP contribution is 2.24. The van der Waals surface area contributed by atoms with E-state index in [9.17, 15) is 4.79 Å². The van der Waals surface area contributed by atoms with Crippen molar-refractivity contribution in [2.75, 3.05) is 19.6 Å². The van der Waals surface area contributed by atoms with Crippen LogP contribution in [0.2, 0.25) is 15.2 Å². The third-order valence-electron chi connectivity index (χ3n) is 4.58. The van der Waals surface area contributed by atoms with Crippen LogP contribution >= 0.6 is 34.8 Å². The van der Waals surface area contributed by atoms with E-state index in [1.54, 1.807) is 24.3 Å². The molecule has 138 valence electrons. The van der Waals surface area contributed by atoms with Crippen LogP contribution in [0, 0.1) is 5.92 Å². The van der Waals surface area contributed by atoms with Crippen molar-refractivity contribution in [1.82, 2.24) is 15.2 Å². The zero-order valence-electron chi connectivity index (χ0n) is 14.2. The van der Waals surface area contributed by atoms with Gasteiger partial charge in [0.05, 0.1) is 15.7 Å². The maximum absolute atomic E-state index is 12.6. The van der Waals surface area contributed by atoms with Crippen molar-refractivity contribution in [3.8, 4) is 0 Å². The number of carbonyl (C=O) groups is 1. The van der Waals surface area contributed by atoms with Crippen molar-refractivity contribution in [2.45, 2.75) is 19.4 Å². The fourth-order valence-corrected chi connectivity index (χ4v) is 3.58. The van der Waals surface area contributed by atoms with Gasteiger partial charge >= 0.3 is 0 Å². The van der Waals surface area contributed by atoms with Gasteiger partial charge in [0.2, 0.25) is 0 Å². The molecule has 0 radical (unpaired) electrons. The Balaban J connectivity index is 1.45. The normalized spacial score (nSPS) is 15.3. The zero-order valence-corrected chi connectivity index (χ0v) is 16.5. The second-order valence-corrected chi connectivity index (χ2v) is 7.65. The average Bonchev–Trinajstić information content (AvgIpc) is 2.64. The summed E-state index contributed by atoms with van der Waals surface area (Å²) in [7, 11) is 0. The number of benzene rings is 1. The van der Waals surface area contributed by atoms with Gasteiger partial charge in [-0.1, -0.05) is 40.9 Å². The van der Waals surface area contributed by atoms with Gasteiger partial charge in [-0.15, -0.1) is 0 Å². The molecule has 1 amide bonds. The zero-order chi connectivity index (χ0) is 18.5. The van der Waals surface area contributed by atoms with Gasteiger partial charge in [-0.05, 0) is 55.6 Å². The lowest BCUT2D eigenvalue weighted by Gasteiger charge is -2.32. The highest BCUT2D eigenvalue weighted by Gasteiger charge is 2.23. The molecule has 1 saturated heterocycles. The fraction of sp³-hybridized carbons (Fsp3) is 0.368. The highest BCUT2D eigenvalue weighted by atomic mass is 35.5. The van der Waals surface area contributed by atoms with E-state index in [1.165, 1.54) is 0 Å². The summed E-state index contributed by atoms with van der Waals surface area (Å²) in [5, 5.41) is 4.81. The van der Waals surface area contributed by atoms with E-state index in [-0.39, 0.29) is 5.91 Å². The largest absolute Gasteiger partial charge is 0.339 e.